The number of hydrogen-bond acceptors (Lipinski definition) is 3. The Balaban J connectivity index is 2.40. The first kappa shape index (κ1) is 15.9. The second-order valence-corrected chi connectivity index (χ2v) is 6.02. The van der Waals surface area contributed by atoms with E-state index in [-0.39, 0.29) is 17.2 Å². The lowest BCUT2D eigenvalue weighted by atomic mass is 9.89. The van der Waals surface area contributed by atoms with Crippen molar-refractivity contribution < 1.29 is 9.90 Å². The largest absolute Gasteiger partial charge is 0.387 e. The van der Waals surface area contributed by atoms with Crippen LogP contribution >= 0.6 is 0 Å². The summed E-state index contributed by atoms with van der Waals surface area (Å²) in [5.74, 6) is 0.237. The van der Waals surface area contributed by atoms with Crippen molar-refractivity contribution in [2.75, 3.05) is 6.54 Å². The summed E-state index contributed by atoms with van der Waals surface area (Å²) in [6.07, 6.45) is -0.0547. The van der Waals surface area contributed by atoms with Crippen molar-refractivity contribution in [1.29, 1.82) is 0 Å². The lowest BCUT2D eigenvalue weighted by Crippen LogP contribution is -2.35. The molecule has 0 aliphatic rings. The van der Waals surface area contributed by atoms with Gasteiger partial charge in [0, 0.05) is 24.4 Å². The number of aliphatic hydroxyl groups excluding tert-OH is 1. The number of ketones is 1. The van der Waals surface area contributed by atoms with E-state index in [0.717, 1.165) is 5.56 Å². The predicted octanol–water partition coefficient (Wildman–Crippen LogP) is 2.70. The summed E-state index contributed by atoms with van der Waals surface area (Å²) in [4.78, 5) is 11.8. The van der Waals surface area contributed by atoms with Gasteiger partial charge < -0.3 is 10.4 Å². The second kappa shape index (κ2) is 6.83. The number of rotatable bonds is 6. The quantitative estimate of drug-likeness (QED) is 0.829. The van der Waals surface area contributed by atoms with Gasteiger partial charge in [0.25, 0.3) is 0 Å². The van der Waals surface area contributed by atoms with Gasteiger partial charge in [-0.05, 0) is 12.5 Å². The van der Waals surface area contributed by atoms with E-state index < -0.39 is 6.10 Å². The zero-order valence-electron chi connectivity index (χ0n) is 12.3. The fraction of sp³-hybridized carbons (Fsp3) is 0.562. The maximum absolute atomic E-state index is 11.8. The Hall–Kier alpha value is -1.19. The number of carbonyl (C=O) groups excluding carboxylic acids is 1. The van der Waals surface area contributed by atoms with Crippen molar-refractivity contribution in [2.24, 2.45) is 5.41 Å². The molecular weight excluding hydrogens is 238 g/mol. The van der Waals surface area contributed by atoms with Crippen molar-refractivity contribution in [3.63, 3.8) is 0 Å². The fourth-order valence-corrected chi connectivity index (χ4v) is 1.84. The predicted molar refractivity (Wildman–Crippen MR) is 77.9 cm³/mol. The Bertz CT molecular complexity index is 395. The molecule has 0 saturated carbocycles. The van der Waals surface area contributed by atoms with Crippen molar-refractivity contribution in [2.45, 2.75) is 46.3 Å². The van der Waals surface area contributed by atoms with E-state index >= 15 is 0 Å². The molecule has 2 atom stereocenters. The number of benzene rings is 1. The van der Waals surface area contributed by atoms with Crippen LogP contribution < -0.4 is 5.32 Å². The monoisotopic (exact) mass is 263 g/mol. The van der Waals surface area contributed by atoms with Crippen LogP contribution in [-0.2, 0) is 4.79 Å². The van der Waals surface area contributed by atoms with Gasteiger partial charge in [0.1, 0.15) is 5.78 Å². The summed E-state index contributed by atoms with van der Waals surface area (Å²) in [6.45, 7) is 8.31. The maximum Gasteiger partial charge on any atom is 0.139 e. The average Bonchev–Trinajstić information content (AvgIpc) is 2.37. The highest BCUT2D eigenvalue weighted by Gasteiger charge is 2.21. The zero-order chi connectivity index (χ0) is 14.5. The minimum Gasteiger partial charge on any atom is -0.387 e. The van der Waals surface area contributed by atoms with Crippen LogP contribution in [-0.4, -0.2) is 23.5 Å². The van der Waals surface area contributed by atoms with E-state index in [9.17, 15) is 9.90 Å². The number of nitrogens with one attached hydrogen (secondary N) is 1. The molecule has 2 unspecified atom stereocenters. The van der Waals surface area contributed by atoms with E-state index in [2.05, 4.69) is 5.32 Å². The third-order valence-corrected chi connectivity index (χ3v) is 3.27. The summed E-state index contributed by atoms with van der Waals surface area (Å²) in [5, 5.41) is 13.4. The minimum absolute atomic E-state index is 0.0739. The molecule has 3 nitrogen and oxygen atoms in total. The van der Waals surface area contributed by atoms with Gasteiger partial charge in [-0.2, -0.15) is 0 Å². The molecule has 0 saturated heterocycles. The SMILES string of the molecule is CC(NCCC(=O)C(C)(C)C)C(O)c1ccccc1. The van der Waals surface area contributed by atoms with Gasteiger partial charge in [-0.25, -0.2) is 0 Å². The number of aliphatic hydroxyl groups is 1. The molecule has 0 aromatic heterocycles. The smallest absolute Gasteiger partial charge is 0.139 e. The molecule has 3 heteroatoms. The van der Waals surface area contributed by atoms with Gasteiger partial charge in [0.05, 0.1) is 6.10 Å². The van der Waals surface area contributed by atoms with Gasteiger partial charge in [0.15, 0.2) is 0 Å². The first-order valence-corrected chi connectivity index (χ1v) is 6.82. The van der Waals surface area contributed by atoms with E-state index in [1.165, 1.54) is 0 Å². The number of Topliss-reactive ketones (excluding diaryl/α,β-unsaturated/α-hetero) is 1. The molecule has 0 radical (unpaired) electrons. The topological polar surface area (TPSA) is 49.3 Å². The van der Waals surface area contributed by atoms with Crippen LogP contribution in [0.1, 0.15) is 45.8 Å². The highest BCUT2D eigenvalue weighted by atomic mass is 16.3. The first-order valence-electron chi connectivity index (χ1n) is 6.82. The molecule has 0 bridgehead atoms. The third kappa shape index (κ3) is 5.13. The molecule has 0 heterocycles. The van der Waals surface area contributed by atoms with Crippen LogP contribution in [0.4, 0.5) is 0 Å². The lowest BCUT2D eigenvalue weighted by molar-refractivity contribution is -0.126. The summed E-state index contributed by atoms with van der Waals surface area (Å²) in [7, 11) is 0. The highest BCUT2D eigenvalue weighted by molar-refractivity contribution is 5.83. The molecule has 0 spiro atoms. The molecule has 1 rings (SSSR count). The standard InChI is InChI=1S/C16H25NO2/c1-12(15(19)13-8-6-5-7-9-13)17-11-10-14(18)16(2,3)4/h5-9,12,15,17,19H,10-11H2,1-4H3. The average molecular weight is 263 g/mol. The van der Waals surface area contributed by atoms with Crippen molar-refractivity contribution in [1.82, 2.24) is 5.32 Å². The number of carbonyl (C=O) groups is 1. The lowest BCUT2D eigenvalue weighted by Gasteiger charge is -2.22. The zero-order valence-corrected chi connectivity index (χ0v) is 12.3. The molecule has 19 heavy (non-hydrogen) atoms. The maximum atomic E-state index is 11.8. The van der Waals surface area contributed by atoms with Crippen molar-refractivity contribution in [3.8, 4) is 0 Å². The van der Waals surface area contributed by atoms with Crippen LogP contribution in [0, 0.1) is 5.41 Å². The van der Waals surface area contributed by atoms with E-state index in [4.69, 9.17) is 0 Å². The summed E-state index contributed by atoms with van der Waals surface area (Å²) in [6, 6.07) is 9.49. The van der Waals surface area contributed by atoms with E-state index in [1.54, 1.807) is 0 Å². The van der Waals surface area contributed by atoms with Crippen LogP contribution in [0.25, 0.3) is 0 Å². The van der Waals surface area contributed by atoms with Gasteiger partial charge in [-0.1, -0.05) is 51.1 Å². The number of hydrogen-bond donors (Lipinski definition) is 2. The van der Waals surface area contributed by atoms with Crippen LogP contribution in [0.3, 0.4) is 0 Å². The highest BCUT2D eigenvalue weighted by Crippen LogP contribution is 2.18. The molecule has 0 aliphatic heterocycles. The molecule has 0 fully saturated rings. The third-order valence-electron chi connectivity index (χ3n) is 3.27. The van der Waals surface area contributed by atoms with E-state index in [0.29, 0.717) is 13.0 Å². The van der Waals surface area contributed by atoms with Crippen LogP contribution in [0.2, 0.25) is 0 Å². The van der Waals surface area contributed by atoms with Crippen LogP contribution in [0.5, 0.6) is 0 Å². The Labute approximate surface area is 116 Å². The molecule has 1 aromatic rings. The normalized spacial score (nSPS) is 15.0. The second-order valence-electron chi connectivity index (χ2n) is 6.02. The van der Waals surface area contributed by atoms with Gasteiger partial charge in [-0.15, -0.1) is 0 Å². The molecule has 2 N–H and O–H groups in total. The Morgan fingerprint density at radius 1 is 1.26 bits per heavy atom. The Morgan fingerprint density at radius 3 is 2.37 bits per heavy atom. The van der Waals surface area contributed by atoms with Crippen molar-refractivity contribution in [3.05, 3.63) is 35.9 Å². The van der Waals surface area contributed by atoms with Gasteiger partial charge >= 0.3 is 0 Å². The minimum atomic E-state index is -0.550. The molecule has 1 aromatic carbocycles. The fourth-order valence-electron chi connectivity index (χ4n) is 1.84. The molecule has 106 valence electrons. The van der Waals surface area contributed by atoms with Gasteiger partial charge in [-0.3, -0.25) is 4.79 Å². The van der Waals surface area contributed by atoms with E-state index in [1.807, 2.05) is 58.0 Å². The Morgan fingerprint density at radius 2 is 1.84 bits per heavy atom. The first-order chi connectivity index (χ1) is 8.82. The molecule has 0 aliphatic carbocycles. The summed E-state index contributed by atoms with van der Waals surface area (Å²) < 4.78 is 0. The summed E-state index contributed by atoms with van der Waals surface area (Å²) >= 11 is 0. The van der Waals surface area contributed by atoms with Crippen molar-refractivity contribution >= 4 is 5.78 Å². The summed E-state index contributed by atoms with van der Waals surface area (Å²) in [5.41, 5.74) is 0.604. The molecular formula is C16H25NO2. The molecule has 0 amide bonds. The Kier molecular flexibility index (Phi) is 5.70. The van der Waals surface area contributed by atoms with Gasteiger partial charge in [0.2, 0.25) is 0 Å². The van der Waals surface area contributed by atoms with Crippen LogP contribution in [0.15, 0.2) is 30.3 Å².